The number of aromatic nitrogens is 2. The van der Waals surface area contributed by atoms with Gasteiger partial charge in [0.2, 0.25) is 0 Å². The van der Waals surface area contributed by atoms with Crippen LogP contribution in [0.4, 0.5) is 28.0 Å². The lowest BCUT2D eigenvalue weighted by Gasteiger charge is -2.25. The molecule has 8 nitrogen and oxygen atoms in total. The van der Waals surface area contributed by atoms with Crippen LogP contribution in [0.25, 0.3) is 11.0 Å². The summed E-state index contributed by atoms with van der Waals surface area (Å²) in [5.41, 5.74) is -0.618. The van der Waals surface area contributed by atoms with Crippen LogP contribution < -0.4 is 15.4 Å². The number of benzene rings is 1. The highest BCUT2D eigenvalue weighted by Gasteiger charge is 2.33. The lowest BCUT2D eigenvalue weighted by atomic mass is 10.1. The molecule has 0 atom stereocenters. The molecule has 0 spiro atoms. The van der Waals surface area contributed by atoms with Gasteiger partial charge in [-0.2, -0.15) is 0 Å². The molecule has 4 rings (SSSR count). The SMILES string of the molecule is CC(F)(F)c1c[nH]c2nccc(Oc3c(F)cc(NC(=O)NCC4CS(=O)(=O)C4)cc3F)c12. The number of hydrogen-bond donors (Lipinski definition) is 3. The van der Waals surface area contributed by atoms with Crippen LogP contribution in [-0.2, 0) is 15.8 Å². The van der Waals surface area contributed by atoms with Gasteiger partial charge in [0.05, 0.1) is 22.5 Å². The fourth-order valence-electron chi connectivity index (χ4n) is 3.50. The average molecular weight is 486 g/mol. The van der Waals surface area contributed by atoms with Gasteiger partial charge in [-0.15, -0.1) is 0 Å². The van der Waals surface area contributed by atoms with Gasteiger partial charge in [-0.3, -0.25) is 0 Å². The summed E-state index contributed by atoms with van der Waals surface area (Å²) in [6.07, 6.45) is 2.27. The molecule has 0 saturated carbocycles. The Labute approximate surface area is 185 Å². The zero-order valence-electron chi connectivity index (χ0n) is 17.1. The number of alkyl halides is 2. The normalized spacial score (nSPS) is 15.8. The maximum absolute atomic E-state index is 14.6. The van der Waals surface area contributed by atoms with E-state index in [1.165, 1.54) is 12.3 Å². The lowest BCUT2D eigenvalue weighted by Crippen LogP contribution is -2.44. The summed E-state index contributed by atoms with van der Waals surface area (Å²) >= 11 is 0. The summed E-state index contributed by atoms with van der Waals surface area (Å²) in [5, 5.41) is 4.55. The monoisotopic (exact) mass is 486 g/mol. The lowest BCUT2D eigenvalue weighted by molar-refractivity contribution is 0.0190. The van der Waals surface area contributed by atoms with E-state index < -0.39 is 44.7 Å². The highest BCUT2D eigenvalue weighted by atomic mass is 32.2. The first-order valence-electron chi connectivity index (χ1n) is 9.69. The van der Waals surface area contributed by atoms with E-state index in [9.17, 15) is 30.8 Å². The molecule has 3 heterocycles. The summed E-state index contributed by atoms with van der Waals surface area (Å²) in [4.78, 5) is 18.4. The van der Waals surface area contributed by atoms with E-state index in [1.54, 1.807) is 0 Å². The van der Waals surface area contributed by atoms with Crippen LogP contribution in [0.3, 0.4) is 0 Å². The smallest absolute Gasteiger partial charge is 0.319 e. The summed E-state index contributed by atoms with van der Waals surface area (Å²) in [6.45, 7) is 0.763. The van der Waals surface area contributed by atoms with Gasteiger partial charge in [0.25, 0.3) is 5.92 Å². The minimum Gasteiger partial charge on any atom is -0.450 e. The van der Waals surface area contributed by atoms with E-state index in [0.29, 0.717) is 6.92 Å². The van der Waals surface area contributed by atoms with E-state index in [4.69, 9.17) is 4.74 Å². The number of carbonyl (C=O) groups excluding carboxylic acids is 1. The van der Waals surface area contributed by atoms with Crippen molar-refractivity contribution < 1.29 is 35.5 Å². The molecular weight excluding hydrogens is 468 g/mol. The summed E-state index contributed by atoms with van der Waals surface area (Å²) in [5.74, 6) is -6.97. The van der Waals surface area contributed by atoms with Crippen molar-refractivity contribution in [2.24, 2.45) is 5.92 Å². The molecule has 2 aromatic heterocycles. The van der Waals surface area contributed by atoms with Crippen molar-refractivity contribution in [1.29, 1.82) is 0 Å². The molecule has 13 heteroatoms. The number of rotatable bonds is 6. The van der Waals surface area contributed by atoms with Crippen molar-refractivity contribution in [1.82, 2.24) is 15.3 Å². The Morgan fingerprint density at radius 3 is 2.55 bits per heavy atom. The third-order valence-corrected chi connectivity index (χ3v) is 6.97. The van der Waals surface area contributed by atoms with Crippen LogP contribution in [-0.4, -0.2) is 42.5 Å². The number of anilines is 1. The number of urea groups is 1. The number of H-pyrrole nitrogens is 1. The highest BCUT2D eigenvalue weighted by Crippen LogP contribution is 2.40. The Hall–Kier alpha value is -3.35. The second kappa shape index (κ2) is 8.21. The number of fused-ring (bicyclic) bond motifs is 1. The van der Waals surface area contributed by atoms with Gasteiger partial charge >= 0.3 is 6.03 Å². The van der Waals surface area contributed by atoms with Crippen molar-refractivity contribution in [2.75, 3.05) is 23.4 Å². The van der Waals surface area contributed by atoms with Crippen LogP contribution >= 0.6 is 0 Å². The van der Waals surface area contributed by atoms with E-state index in [1.807, 2.05) is 0 Å². The van der Waals surface area contributed by atoms with E-state index in [-0.39, 0.29) is 46.4 Å². The van der Waals surface area contributed by atoms with Crippen LogP contribution in [0.2, 0.25) is 0 Å². The van der Waals surface area contributed by atoms with Crippen LogP contribution in [0.5, 0.6) is 11.5 Å². The molecule has 0 bridgehead atoms. The molecule has 33 heavy (non-hydrogen) atoms. The molecule has 3 N–H and O–H groups in total. The number of pyridine rings is 1. The Morgan fingerprint density at radius 1 is 1.27 bits per heavy atom. The van der Waals surface area contributed by atoms with Gasteiger partial charge < -0.3 is 20.4 Å². The maximum atomic E-state index is 14.6. The third kappa shape index (κ3) is 4.87. The van der Waals surface area contributed by atoms with Gasteiger partial charge in [-0.1, -0.05) is 0 Å². The van der Waals surface area contributed by atoms with Crippen molar-refractivity contribution >= 4 is 32.6 Å². The van der Waals surface area contributed by atoms with Crippen molar-refractivity contribution in [3.63, 3.8) is 0 Å². The first kappa shape index (κ1) is 22.8. The van der Waals surface area contributed by atoms with Crippen LogP contribution in [0.15, 0.2) is 30.6 Å². The molecule has 2 amide bonds. The molecule has 1 saturated heterocycles. The molecule has 176 valence electrons. The van der Waals surface area contributed by atoms with Crippen LogP contribution in [0, 0.1) is 17.6 Å². The number of nitrogens with zero attached hydrogens (tertiary/aromatic N) is 1. The van der Waals surface area contributed by atoms with E-state index in [0.717, 1.165) is 18.3 Å². The van der Waals surface area contributed by atoms with Crippen molar-refractivity contribution in [2.45, 2.75) is 12.8 Å². The molecule has 3 aromatic rings. The van der Waals surface area contributed by atoms with Gasteiger partial charge in [-0.25, -0.2) is 35.8 Å². The second-order valence-corrected chi connectivity index (χ2v) is 9.93. The molecule has 0 unspecified atom stereocenters. The fourth-order valence-corrected chi connectivity index (χ4v) is 5.07. The summed E-state index contributed by atoms with van der Waals surface area (Å²) < 4.78 is 84.6. The number of amides is 2. The van der Waals surface area contributed by atoms with E-state index in [2.05, 4.69) is 20.6 Å². The number of halogens is 4. The first-order chi connectivity index (χ1) is 15.4. The molecule has 1 fully saturated rings. The second-order valence-electron chi connectivity index (χ2n) is 7.77. The highest BCUT2D eigenvalue weighted by molar-refractivity contribution is 7.92. The quantitative estimate of drug-likeness (QED) is 0.458. The van der Waals surface area contributed by atoms with Gasteiger partial charge in [-0.05, 0) is 6.07 Å². The maximum Gasteiger partial charge on any atom is 0.319 e. The molecule has 0 radical (unpaired) electrons. The molecule has 1 aliphatic heterocycles. The molecule has 0 aliphatic carbocycles. The molecule has 1 aromatic carbocycles. The van der Waals surface area contributed by atoms with Crippen molar-refractivity contribution in [3.8, 4) is 11.5 Å². The van der Waals surface area contributed by atoms with Gasteiger partial charge in [0, 0.05) is 49.6 Å². The topological polar surface area (TPSA) is 113 Å². The predicted molar refractivity (Wildman–Crippen MR) is 111 cm³/mol. The minimum atomic E-state index is -3.26. The van der Waals surface area contributed by atoms with Crippen molar-refractivity contribution in [3.05, 3.63) is 47.8 Å². The van der Waals surface area contributed by atoms with E-state index >= 15 is 0 Å². The number of nitrogens with one attached hydrogen (secondary N) is 3. The Morgan fingerprint density at radius 2 is 1.94 bits per heavy atom. The zero-order chi connectivity index (χ0) is 24.0. The average Bonchev–Trinajstić information content (AvgIpc) is 3.13. The van der Waals surface area contributed by atoms with Crippen LogP contribution in [0.1, 0.15) is 12.5 Å². The number of sulfone groups is 1. The number of aromatic amines is 1. The standard InChI is InChI=1S/C20H18F4N4O4S/c1-20(23,24)12-7-26-18-16(12)15(2-3-25-18)32-17-13(21)4-11(5-14(17)22)28-19(29)27-6-10-8-33(30,31)9-10/h2-5,7,10H,6,8-9H2,1H3,(H,25,26)(H2,27,28,29). The summed E-state index contributed by atoms with van der Waals surface area (Å²) in [6, 6.07) is 2.03. The molecule has 1 aliphatic rings. The number of ether oxygens (including phenoxy) is 1. The predicted octanol–water partition coefficient (Wildman–Crippen LogP) is 3.91. The van der Waals surface area contributed by atoms with Gasteiger partial charge in [0.1, 0.15) is 11.4 Å². The Bertz CT molecular complexity index is 1300. The Kier molecular flexibility index (Phi) is 5.68. The summed E-state index contributed by atoms with van der Waals surface area (Å²) in [7, 11) is -3.03. The third-order valence-electron chi connectivity index (χ3n) is 5.01. The zero-order valence-corrected chi connectivity index (χ0v) is 17.9. The fraction of sp³-hybridized carbons (Fsp3) is 0.300. The number of carbonyl (C=O) groups is 1. The minimum absolute atomic E-state index is 0.0301. The first-order valence-corrected chi connectivity index (χ1v) is 11.5. The Balaban J connectivity index is 1.50. The largest absolute Gasteiger partial charge is 0.450 e. The number of hydrogen-bond acceptors (Lipinski definition) is 5. The molecular formula is C20H18F4N4O4S. The van der Waals surface area contributed by atoms with Gasteiger partial charge in [0.15, 0.2) is 27.2 Å².